The molecule has 1 aliphatic carbocycles. The number of nitrogens with one attached hydrogen (secondary N) is 2. The Kier molecular flexibility index (Phi) is 8.60. The number of hydrogen-bond donors (Lipinski definition) is 2. The topological polar surface area (TPSA) is 45.7 Å². The molecule has 2 rings (SSSR count). The fourth-order valence-electron chi connectivity index (χ4n) is 2.03. The van der Waals surface area contributed by atoms with Gasteiger partial charge in [-0.2, -0.15) is 0 Å². The van der Waals surface area contributed by atoms with Crippen molar-refractivity contribution < 1.29 is 4.74 Å². The highest BCUT2D eigenvalue weighted by molar-refractivity contribution is 14.0. The lowest BCUT2D eigenvalue weighted by molar-refractivity contribution is 0.297. The predicted molar refractivity (Wildman–Crippen MR) is 103 cm³/mol. The van der Waals surface area contributed by atoms with Gasteiger partial charge in [0.15, 0.2) is 5.96 Å². The SMILES string of the molecule is CCNC(=NCc1ccccc1OCC1CC1)NC(C)C.I. The average molecular weight is 417 g/mol. The number of rotatable bonds is 7. The summed E-state index contributed by atoms with van der Waals surface area (Å²) in [5.41, 5.74) is 1.14. The maximum atomic E-state index is 5.92. The quantitative estimate of drug-likeness (QED) is 0.405. The van der Waals surface area contributed by atoms with Gasteiger partial charge in [-0.25, -0.2) is 4.99 Å². The van der Waals surface area contributed by atoms with Crippen LogP contribution in [-0.4, -0.2) is 25.2 Å². The van der Waals surface area contributed by atoms with Gasteiger partial charge in [-0.05, 0) is 45.6 Å². The molecule has 0 unspecified atom stereocenters. The molecule has 1 aromatic rings. The number of guanidine groups is 1. The molecule has 1 aliphatic rings. The Morgan fingerprint density at radius 3 is 2.68 bits per heavy atom. The van der Waals surface area contributed by atoms with Gasteiger partial charge in [-0.1, -0.05) is 18.2 Å². The molecular formula is C17H28IN3O. The molecule has 124 valence electrons. The van der Waals surface area contributed by atoms with Crippen LogP contribution in [0.15, 0.2) is 29.3 Å². The van der Waals surface area contributed by atoms with Gasteiger partial charge in [0.1, 0.15) is 5.75 Å². The summed E-state index contributed by atoms with van der Waals surface area (Å²) in [7, 11) is 0. The first kappa shape index (κ1) is 19.1. The van der Waals surface area contributed by atoms with Crippen molar-refractivity contribution in [2.75, 3.05) is 13.2 Å². The summed E-state index contributed by atoms with van der Waals surface area (Å²) in [5, 5.41) is 6.59. The van der Waals surface area contributed by atoms with E-state index in [0.717, 1.165) is 36.3 Å². The lowest BCUT2D eigenvalue weighted by Crippen LogP contribution is -2.41. The van der Waals surface area contributed by atoms with Crippen LogP contribution < -0.4 is 15.4 Å². The second-order valence-corrected chi connectivity index (χ2v) is 5.86. The monoisotopic (exact) mass is 417 g/mol. The van der Waals surface area contributed by atoms with Gasteiger partial charge in [-0.15, -0.1) is 24.0 Å². The Morgan fingerprint density at radius 1 is 1.32 bits per heavy atom. The van der Waals surface area contributed by atoms with Crippen molar-refractivity contribution in [2.24, 2.45) is 10.9 Å². The lowest BCUT2D eigenvalue weighted by Gasteiger charge is -2.15. The van der Waals surface area contributed by atoms with Gasteiger partial charge in [0, 0.05) is 18.2 Å². The molecule has 1 fully saturated rings. The Morgan fingerprint density at radius 2 is 2.05 bits per heavy atom. The molecule has 0 bridgehead atoms. The zero-order valence-corrected chi connectivity index (χ0v) is 16.1. The Balaban J connectivity index is 0.00000242. The molecular weight excluding hydrogens is 389 g/mol. The van der Waals surface area contributed by atoms with Crippen molar-refractivity contribution in [1.82, 2.24) is 10.6 Å². The molecule has 1 saturated carbocycles. The van der Waals surface area contributed by atoms with Crippen LogP contribution in [0.5, 0.6) is 5.75 Å². The zero-order valence-electron chi connectivity index (χ0n) is 13.8. The van der Waals surface area contributed by atoms with Gasteiger partial charge < -0.3 is 15.4 Å². The minimum atomic E-state index is 0. The van der Waals surface area contributed by atoms with Crippen LogP contribution in [0.25, 0.3) is 0 Å². The van der Waals surface area contributed by atoms with E-state index in [1.54, 1.807) is 0 Å². The van der Waals surface area contributed by atoms with E-state index in [0.29, 0.717) is 12.6 Å². The van der Waals surface area contributed by atoms with Crippen molar-refractivity contribution in [1.29, 1.82) is 0 Å². The standard InChI is InChI=1S/C17H27N3O.HI/c1-4-18-17(20-13(2)3)19-11-15-7-5-6-8-16(15)21-12-14-9-10-14;/h5-8,13-14H,4,9-12H2,1-3H3,(H2,18,19,20);1H. The molecule has 4 nitrogen and oxygen atoms in total. The lowest BCUT2D eigenvalue weighted by atomic mass is 10.2. The molecule has 1 aromatic carbocycles. The molecule has 0 spiro atoms. The Hall–Kier alpha value is -0.980. The molecule has 0 aliphatic heterocycles. The van der Waals surface area contributed by atoms with Crippen molar-refractivity contribution in [3.05, 3.63) is 29.8 Å². The molecule has 22 heavy (non-hydrogen) atoms. The van der Waals surface area contributed by atoms with E-state index >= 15 is 0 Å². The van der Waals surface area contributed by atoms with Crippen molar-refractivity contribution in [3.63, 3.8) is 0 Å². The summed E-state index contributed by atoms with van der Waals surface area (Å²) in [6, 6.07) is 8.55. The Labute approximate surface area is 151 Å². The molecule has 0 amide bonds. The molecule has 0 aromatic heterocycles. The average Bonchev–Trinajstić information content (AvgIpc) is 3.27. The minimum Gasteiger partial charge on any atom is -0.493 e. The minimum absolute atomic E-state index is 0. The summed E-state index contributed by atoms with van der Waals surface area (Å²) in [5.74, 6) is 2.58. The maximum absolute atomic E-state index is 5.92. The van der Waals surface area contributed by atoms with E-state index in [9.17, 15) is 0 Å². The van der Waals surface area contributed by atoms with Crippen molar-refractivity contribution in [2.45, 2.75) is 46.2 Å². The van der Waals surface area contributed by atoms with Gasteiger partial charge >= 0.3 is 0 Å². The van der Waals surface area contributed by atoms with E-state index in [4.69, 9.17) is 4.74 Å². The smallest absolute Gasteiger partial charge is 0.191 e. The number of hydrogen-bond acceptors (Lipinski definition) is 2. The number of halogens is 1. The summed E-state index contributed by atoms with van der Waals surface area (Å²) in [6.45, 7) is 8.62. The maximum Gasteiger partial charge on any atom is 0.191 e. The first-order valence-corrected chi connectivity index (χ1v) is 7.94. The highest BCUT2D eigenvalue weighted by Gasteiger charge is 2.22. The molecule has 0 radical (unpaired) electrons. The first-order chi connectivity index (χ1) is 10.2. The highest BCUT2D eigenvalue weighted by atomic mass is 127. The van der Waals surface area contributed by atoms with E-state index in [1.807, 2.05) is 18.2 Å². The van der Waals surface area contributed by atoms with E-state index in [1.165, 1.54) is 12.8 Å². The second kappa shape index (κ2) is 9.92. The zero-order chi connectivity index (χ0) is 15.1. The summed E-state index contributed by atoms with van der Waals surface area (Å²) in [6.07, 6.45) is 2.62. The highest BCUT2D eigenvalue weighted by Crippen LogP contribution is 2.30. The third-order valence-corrected chi connectivity index (χ3v) is 3.32. The van der Waals surface area contributed by atoms with Gasteiger partial charge in [0.25, 0.3) is 0 Å². The molecule has 5 heteroatoms. The van der Waals surface area contributed by atoms with Crippen LogP contribution in [0.4, 0.5) is 0 Å². The van der Waals surface area contributed by atoms with Crippen molar-refractivity contribution in [3.8, 4) is 5.75 Å². The van der Waals surface area contributed by atoms with Crippen LogP contribution in [0.2, 0.25) is 0 Å². The number of nitrogens with zero attached hydrogens (tertiary/aromatic N) is 1. The number of aliphatic imine (C=N–C) groups is 1. The third-order valence-electron chi connectivity index (χ3n) is 3.32. The number of para-hydroxylation sites is 1. The van der Waals surface area contributed by atoms with Crippen LogP contribution in [-0.2, 0) is 6.54 Å². The fraction of sp³-hybridized carbons (Fsp3) is 0.588. The largest absolute Gasteiger partial charge is 0.493 e. The molecule has 0 heterocycles. The van der Waals surface area contributed by atoms with Crippen molar-refractivity contribution >= 4 is 29.9 Å². The molecule has 0 atom stereocenters. The van der Waals surface area contributed by atoms with Crippen LogP contribution >= 0.6 is 24.0 Å². The van der Waals surface area contributed by atoms with Crippen LogP contribution in [0.1, 0.15) is 39.2 Å². The van der Waals surface area contributed by atoms with Gasteiger partial charge in [-0.3, -0.25) is 0 Å². The van der Waals surface area contributed by atoms with Crippen LogP contribution in [0, 0.1) is 5.92 Å². The van der Waals surface area contributed by atoms with Gasteiger partial charge in [0.2, 0.25) is 0 Å². The Bertz CT molecular complexity index is 473. The summed E-state index contributed by atoms with van der Waals surface area (Å²) >= 11 is 0. The predicted octanol–water partition coefficient (Wildman–Crippen LogP) is 3.56. The fourth-order valence-corrected chi connectivity index (χ4v) is 2.03. The van der Waals surface area contributed by atoms with E-state index in [-0.39, 0.29) is 24.0 Å². The molecule has 0 saturated heterocycles. The first-order valence-electron chi connectivity index (χ1n) is 7.94. The van der Waals surface area contributed by atoms with E-state index in [2.05, 4.69) is 42.5 Å². The summed E-state index contributed by atoms with van der Waals surface area (Å²) in [4.78, 5) is 4.64. The summed E-state index contributed by atoms with van der Waals surface area (Å²) < 4.78 is 5.92. The van der Waals surface area contributed by atoms with E-state index < -0.39 is 0 Å². The second-order valence-electron chi connectivity index (χ2n) is 5.86. The normalized spacial score (nSPS) is 14.5. The van der Waals surface area contributed by atoms with Crippen LogP contribution in [0.3, 0.4) is 0 Å². The number of ether oxygens (including phenoxy) is 1. The van der Waals surface area contributed by atoms with Gasteiger partial charge in [0.05, 0.1) is 13.2 Å². The third kappa shape index (κ3) is 6.85. The number of benzene rings is 1. The molecule has 2 N–H and O–H groups in total.